The van der Waals surface area contributed by atoms with E-state index in [1.54, 1.807) is 37.3 Å². The molecule has 0 radical (unpaired) electrons. The lowest BCUT2D eigenvalue weighted by Crippen LogP contribution is -2.38. The number of fused-ring (bicyclic) bond motifs is 4. The molecule has 37 heavy (non-hydrogen) atoms. The SMILES string of the molecule is Cc1cccc(-c2cc3c(n4cnnc24)N(C(=O)OC(C)(C)C)Cc2c(F)ccc4c2CC(CO3)O4)n1. The van der Waals surface area contributed by atoms with Crippen LogP contribution >= 0.6 is 0 Å². The fourth-order valence-corrected chi connectivity index (χ4v) is 4.78. The van der Waals surface area contributed by atoms with Gasteiger partial charge in [-0.2, -0.15) is 0 Å². The second kappa shape index (κ2) is 8.43. The number of aromatic nitrogens is 4. The number of hydrogen-bond acceptors (Lipinski definition) is 7. The van der Waals surface area contributed by atoms with Crippen LogP contribution in [-0.2, 0) is 17.7 Å². The molecule has 0 fully saturated rings. The second-order valence-electron chi connectivity index (χ2n) is 10.3. The lowest BCUT2D eigenvalue weighted by molar-refractivity contribution is 0.0573. The summed E-state index contributed by atoms with van der Waals surface area (Å²) in [6.45, 7) is 7.35. The zero-order valence-corrected chi connectivity index (χ0v) is 21.0. The Labute approximate surface area is 212 Å². The predicted octanol–water partition coefficient (Wildman–Crippen LogP) is 4.88. The molecule has 5 heterocycles. The number of carbonyl (C=O) groups is 1. The molecular weight excluding hydrogens is 477 g/mol. The highest BCUT2D eigenvalue weighted by Gasteiger charge is 2.35. The molecule has 190 valence electrons. The third-order valence-corrected chi connectivity index (χ3v) is 6.34. The lowest BCUT2D eigenvalue weighted by atomic mass is 10.0. The quantitative estimate of drug-likeness (QED) is 0.366. The van der Waals surface area contributed by atoms with E-state index in [9.17, 15) is 4.79 Å². The van der Waals surface area contributed by atoms with Crippen molar-refractivity contribution in [3.8, 4) is 22.8 Å². The molecule has 0 spiro atoms. The summed E-state index contributed by atoms with van der Waals surface area (Å²) < 4.78 is 35.0. The second-order valence-corrected chi connectivity index (χ2v) is 10.3. The van der Waals surface area contributed by atoms with Crippen molar-refractivity contribution < 1.29 is 23.4 Å². The number of halogens is 1. The first-order valence-electron chi connectivity index (χ1n) is 12.1. The molecule has 2 bridgehead atoms. The van der Waals surface area contributed by atoms with Gasteiger partial charge < -0.3 is 14.2 Å². The van der Waals surface area contributed by atoms with E-state index in [0.717, 1.165) is 11.3 Å². The van der Waals surface area contributed by atoms with Crippen LogP contribution in [0.25, 0.3) is 16.9 Å². The van der Waals surface area contributed by atoms with Gasteiger partial charge in [0.2, 0.25) is 0 Å². The lowest BCUT2D eigenvalue weighted by Gasteiger charge is -2.30. The van der Waals surface area contributed by atoms with Gasteiger partial charge in [0.15, 0.2) is 17.2 Å². The van der Waals surface area contributed by atoms with Gasteiger partial charge in [0.1, 0.15) is 36.2 Å². The highest BCUT2D eigenvalue weighted by Crippen LogP contribution is 2.41. The van der Waals surface area contributed by atoms with Crippen molar-refractivity contribution in [2.75, 3.05) is 11.5 Å². The van der Waals surface area contributed by atoms with Crippen LogP contribution in [0.15, 0.2) is 42.7 Å². The van der Waals surface area contributed by atoms with Gasteiger partial charge in [0, 0.05) is 28.8 Å². The zero-order chi connectivity index (χ0) is 25.9. The Bertz CT molecular complexity index is 1540. The molecule has 0 saturated heterocycles. The number of hydrogen-bond donors (Lipinski definition) is 0. The van der Waals surface area contributed by atoms with Crippen molar-refractivity contribution in [2.24, 2.45) is 0 Å². The van der Waals surface area contributed by atoms with E-state index in [0.29, 0.717) is 46.2 Å². The van der Waals surface area contributed by atoms with Gasteiger partial charge >= 0.3 is 6.09 Å². The standard InChI is InChI=1S/C27H26FN5O4/c1-15-6-5-7-21(30-15)18-11-23-25(33-14-29-31-24(18)33)32(26(34)37-27(2,3)4)12-19-17-10-16(13-35-23)36-22(17)9-8-20(19)28/h5-9,11,14,16H,10,12-13H2,1-4H3. The number of nitrogens with zero attached hydrogens (tertiary/aromatic N) is 5. The van der Waals surface area contributed by atoms with E-state index < -0.39 is 17.5 Å². The summed E-state index contributed by atoms with van der Waals surface area (Å²) in [4.78, 5) is 19.7. The number of aryl methyl sites for hydroxylation is 1. The molecule has 1 unspecified atom stereocenters. The Balaban J connectivity index is 1.59. The number of ether oxygens (including phenoxy) is 3. The fraction of sp³-hybridized carbons (Fsp3) is 0.333. The summed E-state index contributed by atoms with van der Waals surface area (Å²) in [5, 5.41) is 8.45. The van der Waals surface area contributed by atoms with Crippen molar-refractivity contribution >= 4 is 17.6 Å². The zero-order valence-electron chi connectivity index (χ0n) is 21.0. The highest BCUT2D eigenvalue weighted by molar-refractivity contribution is 5.91. The third-order valence-electron chi connectivity index (χ3n) is 6.34. The first-order chi connectivity index (χ1) is 17.7. The number of rotatable bonds is 1. The van der Waals surface area contributed by atoms with Crippen LogP contribution in [0.1, 0.15) is 37.6 Å². The predicted molar refractivity (Wildman–Crippen MR) is 133 cm³/mol. The van der Waals surface area contributed by atoms with E-state index in [1.165, 1.54) is 17.3 Å². The van der Waals surface area contributed by atoms with E-state index in [4.69, 9.17) is 14.2 Å². The number of benzene rings is 1. The van der Waals surface area contributed by atoms with Gasteiger partial charge in [0.05, 0.1) is 12.2 Å². The van der Waals surface area contributed by atoms with Crippen LogP contribution in [0.2, 0.25) is 0 Å². The van der Waals surface area contributed by atoms with E-state index >= 15 is 4.39 Å². The molecule has 2 aliphatic heterocycles. The van der Waals surface area contributed by atoms with Crippen molar-refractivity contribution in [1.82, 2.24) is 19.6 Å². The summed E-state index contributed by atoms with van der Waals surface area (Å²) in [7, 11) is 0. The monoisotopic (exact) mass is 503 g/mol. The first-order valence-corrected chi connectivity index (χ1v) is 12.1. The Hall–Kier alpha value is -4.21. The van der Waals surface area contributed by atoms with Gasteiger partial charge in [0.25, 0.3) is 0 Å². The first kappa shape index (κ1) is 23.2. The Morgan fingerprint density at radius 1 is 1.16 bits per heavy atom. The van der Waals surface area contributed by atoms with Gasteiger partial charge in [-0.25, -0.2) is 9.18 Å². The van der Waals surface area contributed by atoms with Crippen molar-refractivity contribution in [2.45, 2.75) is 52.4 Å². The highest BCUT2D eigenvalue weighted by atomic mass is 19.1. The molecule has 4 aromatic rings. The Morgan fingerprint density at radius 3 is 2.78 bits per heavy atom. The summed E-state index contributed by atoms with van der Waals surface area (Å²) in [5.41, 5.74) is 3.01. The van der Waals surface area contributed by atoms with Crippen LogP contribution in [-0.4, -0.2) is 44.0 Å². The minimum Gasteiger partial charge on any atom is -0.486 e. The summed E-state index contributed by atoms with van der Waals surface area (Å²) >= 11 is 0. The molecule has 6 rings (SSSR count). The minimum atomic E-state index is -0.781. The van der Waals surface area contributed by atoms with Gasteiger partial charge in [-0.3, -0.25) is 14.3 Å². The number of pyridine rings is 2. The van der Waals surface area contributed by atoms with Gasteiger partial charge in [-0.05, 0) is 58.0 Å². The van der Waals surface area contributed by atoms with E-state index in [1.807, 2.05) is 25.1 Å². The molecular formula is C27H26FN5O4. The molecule has 1 aromatic carbocycles. The number of anilines is 1. The maximum atomic E-state index is 15.2. The van der Waals surface area contributed by atoms with Crippen LogP contribution in [0.3, 0.4) is 0 Å². The molecule has 0 saturated carbocycles. The maximum absolute atomic E-state index is 15.2. The Morgan fingerprint density at radius 2 is 2.00 bits per heavy atom. The van der Waals surface area contributed by atoms with E-state index in [-0.39, 0.29) is 19.3 Å². The van der Waals surface area contributed by atoms with Crippen molar-refractivity contribution in [3.05, 3.63) is 65.4 Å². The van der Waals surface area contributed by atoms with E-state index in [2.05, 4.69) is 15.2 Å². The third kappa shape index (κ3) is 4.12. The smallest absolute Gasteiger partial charge is 0.416 e. The molecule has 0 aliphatic carbocycles. The van der Waals surface area contributed by atoms with Crippen LogP contribution < -0.4 is 14.4 Å². The summed E-state index contributed by atoms with van der Waals surface area (Å²) in [5.74, 6) is 0.896. The number of amides is 1. The summed E-state index contributed by atoms with van der Waals surface area (Å²) in [6.07, 6.45) is 1.03. The maximum Gasteiger partial charge on any atom is 0.416 e. The normalized spacial score (nSPS) is 16.7. The molecule has 10 heteroatoms. The van der Waals surface area contributed by atoms with Crippen LogP contribution in [0, 0.1) is 12.7 Å². The largest absolute Gasteiger partial charge is 0.486 e. The average Bonchev–Trinajstić information content (AvgIpc) is 3.48. The van der Waals surface area contributed by atoms with Crippen molar-refractivity contribution in [3.63, 3.8) is 0 Å². The van der Waals surface area contributed by atoms with Crippen molar-refractivity contribution in [1.29, 1.82) is 0 Å². The van der Waals surface area contributed by atoms with Gasteiger partial charge in [-0.15, -0.1) is 10.2 Å². The summed E-state index contributed by atoms with van der Waals surface area (Å²) in [6, 6.07) is 10.5. The van der Waals surface area contributed by atoms with Gasteiger partial charge in [-0.1, -0.05) is 6.07 Å². The molecule has 3 aromatic heterocycles. The molecule has 1 amide bonds. The molecule has 0 N–H and O–H groups in total. The fourth-order valence-electron chi connectivity index (χ4n) is 4.78. The molecule has 2 aliphatic rings. The minimum absolute atomic E-state index is 0.0916. The number of carbonyl (C=O) groups excluding carboxylic acids is 1. The van der Waals surface area contributed by atoms with Crippen LogP contribution in [0.4, 0.5) is 15.0 Å². The Kier molecular flexibility index (Phi) is 5.29. The molecule has 9 nitrogen and oxygen atoms in total. The van der Waals surface area contributed by atoms with Crippen LogP contribution in [0.5, 0.6) is 11.5 Å². The molecule has 1 atom stereocenters. The topological polar surface area (TPSA) is 91.1 Å². The average molecular weight is 504 g/mol.